The van der Waals surface area contributed by atoms with Gasteiger partial charge in [0.15, 0.2) is 0 Å². The van der Waals surface area contributed by atoms with Gasteiger partial charge in [0.1, 0.15) is 0 Å². The largest absolute Gasteiger partial charge is 0.379 e. The monoisotopic (exact) mass is 230 g/mol. The third-order valence-corrected chi connectivity index (χ3v) is 2.49. The molecule has 2 aromatic rings. The fourth-order valence-electron chi connectivity index (χ4n) is 1.67. The van der Waals surface area contributed by atoms with Crippen molar-refractivity contribution in [1.29, 1.82) is 0 Å². The molecule has 0 saturated heterocycles. The Morgan fingerprint density at radius 3 is 2.59 bits per heavy atom. The van der Waals surface area contributed by atoms with Gasteiger partial charge in [-0.2, -0.15) is 0 Å². The fraction of sp³-hybridized carbons (Fsp3) is 0.308. The van der Waals surface area contributed by atoms with Gasteiger partial charge in [-0.15, -0.1) is 0 Å². The molecule has 17 heavy (non-hydrogen) atoms. The second kappa shape index (κ2) is 5.50. The molecule has 0 saturated carbocycles. The standard InChI is InChI=1S/C13H18N4/c1-17(2)9-11-3-5-12(6-4-11)15-8-13-7-14-10-16-13/h3-7,10,15H,8-9H2,1-2H3,(H,14,16). The molecule has 0 unspecified atom stereocenters. The van der Waals surface area contributed by atoms with Crippen molar-refractivity contribution in [2.75, 3.05) is 19.4 Å². The van der Waals surface area contributed by atoms with Crippen molar-refractivity contribution in [3.8, 4) is 0 Å². The highest BCUT2D eigenvalue weighted by atomic mass is 15.0. The van der Waals surface area contributed by atoms with E-state index in [9.17, 15) is 0 Å². The minimum Gasteiger partial charge on any atom is -0.379 e. The molecule has 0 bridgehead atoms. The molecular weight excluding hydrogens is 212 g/mol. The number of nitrogens with zero attached hydrogens (tertiary/aromatic N) is 2. The molecule has 90 valence electrons. The van der Waals surface area contributed by atoms with Crippen LogP contribution >= 0.6 is 0 Å². The van der Waals surface area contributed by atoms with E-state index in [1.807, 2.05) is 6.20 Å². The summed E-state index contributed by atoms with van der Waals surface area (Å²) in [6, 6.07) is 8.51. The highest BCUT2D eigenvalue weighted by molar-refractivity contribution is 5.44. The van der Waals surface area contributed by atoms with E-state index < -0.39 is 0 Å². The Hall–Kier alpha value is -1.81. The van der Waals surface area contributed by atoms with E-state index in [1.54, 1.807) is 6.33 Å². The molecule has 0 radical (unpaired) electrons. The van der Waals surface area contributed by atoms with E-state index in [2.05, 4.69) is 58.5 Å². The zero-order chi connectivity index (χ0) is 12.1. The number of imidazole rings is 1. The second-order valence-electron chi connectivity index (χ2n) is 4.37. The van der Waals surface area contributed by atoms with Crippen molar-refractivity contribution in [2.24, 2.45) is 0 Å². The van der Waals surface area contributed by atoms with Gasteiger partial charge in [-0.25, -0.2) is 4.98 Å². The molecular formula is C13H18N4. The molecule has 1 aromatic heterocycles. The lowest BCUT2D eigenvalue weighted by molar-refractivity contribution is 0.402. The first kappa shape index (κ1) is 11.7. The lowest BCUT2D eigenvalue weighted by Crippen LogP contribution is -2.10. The molecule has 0 aliphatic carbocycles. The number of nitrogens with one attached hydrogen (secondary N) is 2. The van der Waals surface area contributed by atoms with Crippen LogP contribution in [0.5, 0.6) is 0 Å². The molecule has 1 heterocycles. The quantitative estimate of drug-likeness (QED) is 0.826. The van der Waals surface area contributed by atoms with Crippen LogP contribution in [-0.4, -0.2) is 29.0 Å². The normalized spacial score (nSPS) is 10.8. The summed E-state index contributed by atoms with van der Waals surface area (Å²) in [5, 5.41) is 3.34. The number of aromatic nitrogens is 2. The van der Waals surface area contributed by atoms with E-state index in [4.69, 9.17) is 0 Å². The van der Waals surface area contributed by atoms with Crippen LogP contribution in [0.2, 0.25) is 0 Å². The minimum atomic E-state index is 0.771. The molecule has 0 fully saturated rings. The Labute approximate surface area is 102 Å². The first-order valence-corrected chi connectivity index (χ1v) is 5.69. The van der Waals surface area contributed by atoms with E-state index in [1.165, 1.54) is 5.56 Å². The van der Waals surface area contributed by atoms with Gasteiger partial charge in [0.2, 0.25) is 0 Å². The van der Waals surface area contributed by atoms with Gasteiger partial charge in [-0.1, -0.05) is 12.1 Å². The van der Waals surface area contributed by atoms with Crippen molar-refractivity contribution in [3.63, 3.8) is 0 Å². The number of hydrogen-bond donors (Lipinski definition) is 2. The summed E-state index contributed by atoms with van der Waals surface area (Å²) in [7, 11) is 4.15. The summed E-state index contributed by atoms with van der Waals surface area (Å²) in [6.45, 7) is 1.74. The van der Waals surface area contributed by atoms with E-state index in [0.717, 1.165) is 24.5 Å². The van der Waals surface area contributed by atoms with Crippen LogP contribution in [0.1, 0.15) is 11.3 Å². The van der Waals surface area contributed by atoms with Crippen molar-refractivity contribution < 1.29 is 0 Å². The van der Waals surface area contributed by atoms with Gasteiger partial charge >= 0.3 is 0 Å². The highest BCUT2D eigenvalue weighted by Crippen LogP contribution is 2.11. The Morgan fingerprint density at radius 2 is 2.00 bits per heavy atom. The smallest absolute Gasteiger partial charge is 0.0922 e. The van der Waals surface area contributed by atoms with Crippen LogP contribution in [0.15, 0.2) is 36.8 Å². The van der Waals surface area contributed by atoms with Crippen molar-refractivity contribution in [3.05, 3.63) is 48.0 Å². The molecule has 2 N–H and O–H groups in total. The topological polar surface area (TPSA) is 44.0 Å². The Bertz CT molecular complexity index is 431. The number of anilines is 1. The molecule has 4 nitrogen and oxygen atoms in total. The average Bonchev–Trinajstić information content (AvgIpc) is 2.80. The zero-order valence-electron chi connectivity index (χ0n) is 10.3. The maximum absolute atomic E-state index is 3.98. The maximum Gasteiger partial charge on any atom is 0.0922 e. The van der Waals surface area contributed by atoms with Crippen LogP contribution in [0.4, 0.5) is 5.69 Å². The lowest BCUT2D eigenvalue weighted by Gasteiger charge is -2.10. The zero-order valence-corrected chi connectivity index (χ0v) is 10.3. The van der Waals surface area contributed by atoms with E-state index in [0.29, 0.717) is 0 Å². The number of hydrogen-bond acceptors (Lipinski definition) is 3. The fourth-order valence-corrected chi connectivity index (χ4v) is 1.67. The Kier molecular flexibility index (Phi) is 3.77. The molecule has 0 atom stereocenters. The van der Waals surface area contributed by atoms with Gasteiger partial charge < -0.3 is 15.2 Å². The van der Waals surface area contributed by atoms with Crippen LogP contribution in [0.3, 0.4) is 0 Å². The van der Waals surface area contributed by atoms with Crippen molar-refractivity contribution in [1.82, 2.24) is 14.9 Å². The summed E-state index contributed by atoms with van der Waals surface area (Å²) < 4.78 is 0. The third kappa shape index (κ3) is 3.60. The maximum atomic E-state index is 3.98. The first-order chi connectivity index (χ1) is 8.24. The van der Waals surface area contributed by atoms with Crippen LogP contribution in [0.25, 0.3) is 0 Å². The Balaban J connectivity index is 1.89. The molecule has 4 heteroatoms. The summed E-state index contributed by atoms with van der Waals surface area (Å²) >= 11 is 0. The first-order valence-electron chi connectivity index (χ1n) is 5.69. The van der Waals surface area contributed by atoms with E-state index in [-0.39, 0.29) is 0 Å². The third-order valence-electron chi connectivity index (χ3n) is 2.49. The number of rotatable bonds is 5. The summed E-state index contributed by atoms with van der Waals surface area (Å²) in [5.74, 6) is 0. The molecule has 0 aliphatic rings. The highest BCUT2D eigenvalue weighted by Gasteiger charge is 1.97. The molecule has 0 aliphatic heterocycles. The lowest BCUT2D eigenvalue weighted by atomic mass is 10.2. The van der Waals surface area contributed by atoms with Gasteiger partial charge in [0.05, 0.1) is 18.6 Å². The average molecular weight is 230 g/mol. The van der Waals surface area contributed by atoms with E-state index >= 15 is 0 Å². The SMILES string of the molecule is CN(C)Cc1ccc(NCc2cnc[nH]2)cc1. The minimum absolute atomic E-state index is 0.771. The molecule has 1 aromatic carbocycles. The number of H-pyrrole nitrogens is 1. The van der Waals surface area contributed by atoms with Crippen LogP contribution in [-0.2, 0) is 13.1 Å². The summed E-state index contributed by atoms with van der Waals surface area (Å²) in [6.07, 6.45) is 3.52. The van der Waals surface area contributed by atoms with Crippen LogP contribution in [0, 0.1) is 0 Å². The molecule has 0 amide bonds. The molecule has 0 spiro atoms. The molecule has 2 rings (SSSR count). The predicted octanol–water partition coefficient (Wildman–Crippen LogP) is 2.08. The summed E-state index contributed by atoms with van der Waals surface area (Å²) in [5.41, 5.74) is 3.53. The number of benzene rings is 1. The second-order valence-corrected chi connectivity index (χ2v) is 4.37. The predicted molar refractivity (Wildman–Crippen MR) is 69.7 cm³/mol. The van der Waals surface area contributed by atoms with Gasteiger partial charge in [0, 0.05) is 18.4 Å². The summed E-state index contributed by atoms with van der Waals surface area (Å²) in [4.78, 5) is 9.20. The Morgan fingerprint density at radius 1 is 1.24 bits per heavy atom. The van der Waals surface area contributed by atoms with Gasteiger partial charge in [-0.3, -0.25) is 0 Å². The van der Waals surface area contributed by atoms with Gasteiger partial charge in [0.25, 0.3) is 0 Å². The number of aromatic amines is 1. The van der Waals surface area contributed by atoms with Crippen molar-refractivity contribution in [2.45, 2.75) is 13.1 Å². The van der Waals surface area contributed by atoms with Crippen molar-refractivity contribution >= 4 is 5.69 Å². The van der Waals surface area contributed by atoms with Crippen LogP contribution < -0.4 is 5.32 Å². The van der Waals surface area contributed by atoms with Gasteiger partial charge in [-0.05, 0) is 31.8 Å².